The third-order valence-electron chi connectivity index (χ3n) is 8.56. The standard InChI is InChI=1S/C37H47N3O6/c1-6-7-21-39-31(22-28-16-18-29(19-17-28)30-23-32(44-3)35(46-5)33(24-30)45-4)37(43)40(26(2)36(39)42)25-34(41)38-20-12-11-15-27-13-9-8-10-14-27/h8-10,13-14,16-19,23-24,26,31H,6-7,11-12,15,20-22,25H2,1-5H3,(H,38,41)/t26-,31-/m1/s1. The monoisotopic (exact) mass is 629 g/mol. The largest absolute Gasteiger partial charge is 0.493 e. The first-order chi connectivity index (χ1) is 22.3. The summed E-state index contributed by atoms with van der Waals surface area (Å²) < 4.78 is 16.5. The second-order valence-corrected chi connectivity index (χ2v) is 11.7. The van der Waals surface area contributed by atoms with Gasteiger partial charge >= 0.3 is 0 Å². The van der Waals surface area contributed by atoms with Gasteiger partial charge < -0.3 is 29.3 Å². The zero-order valence-electron chi connectivity index (χ0n) is 27.7. The van der Waals surface area contributed by atoms with Crippen LogP contribution in [0.5, 0.6) is 17.2 Å². The van der Waals surface area contributed by atoms with E-state index in [0.29, 0.717) is 36.8 Å². The second kappa shape index (κ2) is 16.7. The Labute approximate surface area is 272 Å². The molecule has 9 nitrogen and oxygen atoms in total. The Hall–Kier alpha value is -4.53. The van der Waals surface area contributed by atoms with Gasteiger partial charge in [-0.25, -0.2) is 0 Å². The maximum atomic E-state index is 13.9. The molecule has 2 atom stereocenters. The van der Waals surface area contributed by atoms with Crippen LogP contribution in [0.15, 0.2) is 66.7 Å². The first-order valence-electron chi connectivity index (χ1n) is 16.1. The van der Waals surface area contributed by atoms with Crippen LogP contribution in [0.1, 0.15) is 50.7 Å². The van der Waals surface area contributed by atoms with E-state index in [2.05, 4.69) is 24.4 Å². The number of ether oxygens (including phenoxy) is 3. The zero-order chi connectivity index (χ0) is 33.1. The highest BCUT2D eigenvalue weighted by Crippen LogP contribution is 2.41. The molecule has 0 radical (unpaired) electrons. The van der Waals surface area contributed by atoms with Crippen molar-refractivity contribution in [1.82, 2.24) is 15.1 Å². The van der Waals surface area contributed by atoms with Gasteiger partial charge in [0.05, 0.1) is 21.3 Å². The van der Waals surface area contributed by atoms with Gasteiger partial charge in [0, 0.05) is 19.5 Å². The fourth-order valence-corrected chi connectivity index (χ4v) is 5.89. The van der Waals surface area contributed by atoms with Crippen molar-refractivity contribution in [3.63, 3.8) is 0 Å². The molecular formula is C37H47N3O6. The molecule has 0 spiro atoms. The van der Waals surface area contributed by atoms with E-state index in [9.17, 15) is 14.4 Å². The van der Waals surface area contributed by atoms with E-state index in [1.54, 1.807) is 33.2 Å². The van der Waals surface area contributed by atoms with Crippen molar-refractivity contribution in [1.29, 1.82) is 0 Å². The first kappa shape index (κ1) is 34.3. The summed E-state index contributed by atoms with van der Waals surface area (Å²) in [5, 5.41) is 2.94. The molecule has 1 N–H and O–H groups in total. The fourth-order valence-electron chi connectivity index (χ4n) is 5.89. The summed E-state index contributed by atoms with van der Waals surface area (Å²) in [6.07, 6.45) is 4.79. The van der Waals surface area contributed by atoms with Crippen molar-refractivity contribution < 1.29 is 28.6 Å². The van der Waals surface area contributed by atoms with Crippen molar-refractivity contribution >= 4 is 17.7 Å². The van der Waals surface area contributed by atoms with Crippen LogP contribution in [0.3, 0.4) is 0 Å². The van der Waals surface area contributed by atoms with E-state index in [-0.39, 0.29) is 24.3 Å². The van der Waals surface area contributed by atoms with Gasteiger partial charge in [-0.3, -0.25) is 14.4 Å². The molecule has 1 fully saturated rings. The normalized spacial score (nSPS) is 16.4. The Morgan fingerprint density at radius 2 is 1.46 bits per heavy atom. The molecule has 0 aromatic heterocycles. The van der Waals surface area contributed by atoms with Crippen LogP contribution in [0.2, 0.25) is 0 Å². The predicted molar refractivity (Wildman–Crippen MR) is 179 cm³/mol. The maximum Gasteiger partial charge on any atom is 0.246 e. The molecule has 3 amide bonds. The predicted octanol–water partition coefficient (Wildman–Crippen LogP) is 5.29. The molecule has 46 heavy (non-hydrogen) atoms. The Morgan fingerprint density at radius 3 is 2.07 bits per heavy atom. The topological polar surface area (TPSA) is 97.4 Å². The molecule has 1 saturated heterocycles. The van der Waals surface area contributed by atoms with Crippen molar-refractivity contribution in [3.8, 4) is 28.4 Å². The summed E-state index contributed by atoms with van der Waals surface area (Å²) in [6, 6.07) is 20.6. The Balaban J connectivity index is 1.44. The molecule has 0 unspecified atom stereocenters. The van der Waals surface area contributed by atoms with Crippen LogP contribution < -0.4 is 19.5 Å². The van der Waals surface area contributed by atoms with Crippen LogP contribution in [-0.4, -0.2) is 80.6 Å². The molecule has 4 rings (SSSR count). The number of nitrogens with one attached hydrogen (secondary N) is 1. The molecule has 1 aliphatic heterocycles. The van der Waals surface area contributed by atoms with Crippen molar-refractivity contribution in [2.75, 3.05) is 41.0 Å². The summed E-state index contributed by atoms with van der Waals surface area (Å²) in [5.74, 6) is 1.07. The number of hydrogen-bond donors (Lipinski definition) is 1. The number of carbonyl (C=O) groups excluding carboxylic acids is 3. The van der Waals surface area contributed by atoms with Crippen LogP contribution >= 0.6 is 0 Å². The summed E-state index contributed by atoms with van der Waals surface area (Å²) in [7, 11) is 4.73. The number of unbranched alkanes of at least 4 members (excludes halogenated alkanes) is 2. The summed E-state index contributed by atoms with van der Waals surface area (Å²) in [6.45, 7) is 4.67. The third-order valence-corrected chi connectivity index (χ3v) is 8.56. The number of nitrogens with zero attached hydrogens (tertiary/aromatic N) is 2. The minimum Gasteiger partial charge on any atom is -0.493 e. The maximum absolute atomic E-state index is 13.9. The van der Waals surface area contributed by atoms with E-state index in [0.717, 1.165) is 48.8 Å². The van der Waals surface area contributed by atoms with Gasteiger partial charge in [0.15, 0.2) is 11.5 Å². The number of hydrogen-bond acceptors (Lipinski definition) is 6. The Kier molecular flexibility index (Phi) is 12.5. The minimum atomic E-state index is -0.702. The lowest BCUT2D eigenvalue weighted by Crippen LogP contribution is -2.65. The number of benzene rings is 3. The van der Waals surface area contributed by atoms with Crippen LogP contribution in [0, 0.1) is 0 Å². The van der Waals surface area contributed by atoms with Crippen LogP contribution in [0.4, 0.5) is 0 Å². The number of aryl methyl sites for hydroxylation is 1. The third kappa shape index (κ3) is 8.38. The quantitative estimate of drug-likeness (QED) is 0.217. The van der Waals surface area contributed by atoms with Crippen LogP contribution in [-0.2, 0) is 27.2 Å². The average Bonchev–Trinajstić information content (AvgIpc) is 3.08. The van der Waals surface area contributed by atoms with Gasteiger partial charge in [-0.05, 0) is 67.0 Å². The molecule has 3 aromatic rings. The lowest BCUT2D eigenvalue weighted by Gasteiger charge is -2.44. The molecular weight excluding hydrogens is 582 g/mol. The highest BCUT2D eigenvalue weighted by Gasteiger charge is 2.44. The van der Waals surface area contributed by atoms with Gasteiger partial charge in [0.1, 0.15) is 18.6 Å². The minimum absolute atomic E-state index is 0.122. The molecule has 1 aliphatic rings. The van der Waals surface area contributed by atoms with Gasteiger partial charge in [0.2, 0.25) is 23.5 Å². The van der Waals surface area contributed by atoms with Crippen LogP contribution in [0.25, 0.3) is 11.1 Å². The van der Waals surface area contributed by atoms with E-state index < -0.39 is 12.1 Å². The van der Waals surface area contributed by atoms with Crippen molar-refractivity contribution in [3.05, 3.63) is 77.9 Å². The molecule has 0 bridgehead atoms. The van der Waals surface area contributed by atoms with E-state index in [1.165, 1.54) is 10.5 Å². The van der Waals surface area contributed by atoms with Crippen molar-refractivity contribution in [2.24, 2.45) is 0 Å². The zero-order valence-corrected chi connectivity index (χ0v) is 27.7. The Bertz CT molecular complexity index is 1430. The molecule has 9 heteroatoms. The van der Waals surface area contributed by atoms with E-state index in [4.69, 9.17) is 14.2 Å². The molecule has 0 saturated carbocycles. The van der Waals surface area contributed by atoms with E-state index in [1.807, 2.05) is 54.6 Å². The molecule has 3 aromatic carbocycles. The van der Waals surface area contributed by atoms with Gasteiger partial charge in [0.25, 0.3) is 0 Å². The number of amides is 3. The lowest BCUT2D eigenvalue weighted by molar-refractivity contribution is -0.162. The number of piperazine rings is 1. The summed E-state index contributed by atoms with van der Waals surface area (Å²) in [4.78, 5) is 43.6. The SMILES string of the molecule is CCCCN1C(=O)[C@@H](C)N(CC(=O)NCCCCc2ccccc2)C(=O)[C@H]1Cc1ccc(-c2cc(OC)c(OC)c(OC)c2)cc1. The van der Waals surface area contributed by atoms with Gasteiger partial charge in [-0.1, -0.05) is 67.9 Å². The summed E-state index contributed by atoms with van der Waals surface area (Å²) >= 11 is 0. The summed E-state index contributed by atoms with van der Waals surface area (Å²) in [5.41, 5.74) is 4.02. The molecule has 0 aliphatic carbocycles. The Morgan fingerprint density at radius 1 is 0.783 bits per heavy atom. The first-order valence-corrected chi connectivity index (χ1v) is 16.1. The highest BCUT2D eigenvalue weighted by molar-refractivity contribution is 5.99. The van der Waals surface area contributed by atoms with Gasteiger partial charge in [-0.2, -0.15) is 0 Å². The average molecular weight is 630 g/mol. The van der Waals surface area contributed by atoms with Crippen molar-refractivity contribution in [2.45, 2.75) is 64.5 Å². The van der Waals surface area contributed by atoms with E-state index >= 15 is 0 Å². The van der Waals surface area contributed by atoms with Gasteiger partial charge in [-0.15, -0.1) is 0 Å². The number of carbonyl (C=O) groups is 3. The lowest BCUT2D eigenvalue weighted by atomic mass is 9.96. The molecule has 1 heterocycles. The highest BCUT2D eigenvalue weighted by atomic mass is 16.5. The molecule has 246 valence electrons. The number of methoxy groups -OCH3 is 3. The smallest absolute Gasteiger partial charge is 0.246 e. The number of rotatable bonds is 16. The fraction of sp³-hybridized carbons (Fsp3) is 0.432. The second-order valence-electron chi connectivity index (χ2n) is 11.7.